The zero-order valence-electron chi connectivity index (χ0n) is 10.0. The monoisotopic (exact) mass is 266 g/mol. The van der Waals surface area contributed by atoms with Gasteiger partial charge < -0.3 is 4.90 Å². The fourth-order valence-electron chi connectivity index (χ4n) is 2.75. The number of nitrogens with zero attached hydrogens (tertiary/aromatic N) is 2. The zero-order chi connectivity index (χ0) is 12.9. The van der Waals surface area contributed by atoms with Crippen LogP contribution in [0.5, 0.6) is 0 Å². The van der Waals surface area contributed by atoms with Crippen molar-refractivity contribution in [1.82, 2.24) is 9.21 Å². The van der Waals surface area contributed by atoms with Gasteiger partial charge in [0.05, 0.1) is 6.26 Å². The number of carbonyl (C=O) groups is 1. The molecule has 1 atom stereocenters. The van der Waals surface area contributed by atoms with Crippen LogP contribution in [0.2, 0.25) is 0 Å². The number of sulfonamides is 1. The lowest BCUT2D eigenvalue weighted by molar-refractivity contribution is 0.0472. The van der Waals surface area contributed by atoms with Crippen molar-refractivity contribution in [2.75, 3.05) is 19.3 Å². The third kappa shape index (κ3) is 1.56. The molecule has 2 aliphatic rings. The Morgan fingerprint density at radius 1 is 1.22 bits per heavy atom. The van der Waals surface area contributed by atoms with Crippen LogP contribution in [-0.2, 0) is 10.0 Å². The average molecular weight is 266 g/mol. The molecule has 1 fully saturated rings. The van der Waals surface area contributed by atoms with Crippen molar-refractivity contribution in [2.45, 2.75) is 12.6 Å². The number of hydrogen-bond acceptors (Lipinski definition) is 3. The van der Waals surface area contributed by atoms with E-state index in [1.165, 1.54) is 10.6 Å². The van der Waals surface area contributed by atoms with Crippen molar-refractivity contribution in [2.24, 2.45) is 0 Å². The van der Waals surface area contributed by atoms with E-state index in [1.807, 2.05) is 12.1 Å². The molecule has 1 saturated heterocycles. The molecule has 0 aliphatic carbocycles. The van der Waals surface area contributed by atoms with E-state index < -0.39 is 16.2 Å². The topological polar surface area (TPSA) is 57.7 Å². The van der Waals surface area contributed by atoms with Crippen molar-refractivity contribution >= 4 is 15.9 Å². The smallest absolute Gasteiger partial charge is 0.255 e. The van der Waals surface area contributed by atoms with Gasteiger partial charge in [-0.3, -0.25) is 4.79 Å². The molecule has 3 rings (SSSR count). The van der Waals surface area contributed by atoms with Crippen LogP contribution in [0.3, 0.4) is 0 Å². The second-order valence-electron chi connectivity index (χ2n) is 4.69. The summed E-state index contributed by atoms with van der Waals surface area (Å²) in [6.07, 6.45) is 1.43. The molecule has 6 heteroatoms. The van der Waals surface area contributed by atoms with Gasteiger partial charge in [-0.2, -0.15) is 4.31 Å². The number of fused-ring (bicyclic) bond motifs is 3. The maximum absolute atomic E-state index is 12.2. The first-order valence-electron chi connectivity index (χ1n) is 5.87. The van der Waals surface area contributed by atoms with E-state index in [0.717, 1.165) is 5.56 Å². The average Bonchev–Trinajstić information content (AvgIpc) is 2.63. The maximum atomic E-state index is 12.2. The highest BCUT2D eigenvalue weighted by Gasteiger charge is 2.44. The number of carbonyl (C=O) groups excluding carboxylic acids is 1. The van der Waals surface area contributed by atoms with Gasteiger partial charge in [-0.05, 0) is 12.5 Å². The van der Waals surface area contributed by atoms with Gasteiger partial charge in [0.1, 0.15) is 6.17 Å². The Bertz CT molecular complexity index is 612. The molecule has 0 saturated carbocycles. The van der Waals surface area contributed by atoms with Gasteiger partial charge in [0.2, 0.25) is 10.0 Å². The minimum absolute atomic E-state index is 0.0658. The van der Waals surface area contributed by atoms with E-state index in [9.17, 15) is 13.2 Å². The summed E-state index contributed by atoms with van der Waals surface area (Å²) in [4.78, 5) is 13.9. The molecule has 1 amide bonds. The minimum Gasteiger partial charge on any atom is -0.318 e. The molecule has 0 unspecified atom stereocenters. The van der Waals surface area contributed by atoms with Crippen LogP contribution in [0.4, 0.5) is 0 Å². The summed E-state index contributed by atoms with van der Waals surface area (Å²) in [6, 6.07) is 7.24. The molecule has 0 radical (unpaired) electrons. The Kier molecular flexibility index (Phi) is 2.46. The molecule has 2 aliphatic heterocycles. The molecule has 0 N–H and O–H groups in total. The highest BCUT2D eigenvalue weighted by molar-refractivity contribution is 7.88. The molecular weight excluding hydrogens is 252 g/mol. The van der Waals surface area contributed by atoms with E-state index in [0.29, 0.717) is 25.1 Å². The first-order valence-corrected chi connectivity index (χ1v) is 7.72. The van der Waals surface area contributed by atoms with E-state index in [1.54, 1.807) is 17.0 Å². The van der Waals surface area contributed by atoms with Gasteiger partial charge in [0, 0.05) is 24.2 Å². The Morgan fingerprint density at radius 2 is 1.94 bits per heavy atom. The highest BCUT2D eigenvalue weighted by Crippen LogP contribution is 2.39. The summed E-state index contributed by atoms with van der Waals surface area (Å²) in [6.45, 7) is 1.09. The van der Waals surface area contributed by atoms with Gasteiger partial charge in [0.25, 0.3) is 5.91 Å². The van der Waals surface area contributed by atoms with E-state index in [4.69, 9.17) is 0 Å². The first-order chi connectivity index (χ1) is 8.50. The lowest BCUT2D eigenvalue weighted by atomic mass is 10.1. The van der Waals surface area contributed by atoms with Crippen molar-refractivity contribution in [3.63, 3.8) is 0 Å². The molecular formula is C12H14N2O3S. The normalized spacial score (nSPS) is 23.9. The number of benzene rings is 1. The zero-order valence-corrected chi connectivity index (χ0v) is 10.9. The van der Waals surface area contributed by atoms with Crippen LogP contribution >= 0.6 is 0 Å². The molecule has 0 spiro atoms. The van der Waals surface area contributed by atoms with Crippen molar-refractivity contribution in [3.8, 4) is 0 Å². The molecule has 0 aromatic heterocycles. The Morgan fingerprint density at radius 3 is 2.67 bits per heavy atom. The Balaban J connectivity index is 2.15. The summed E-state index contributed by atoms with van der Waals surface area (Å²) in [5, 5.41) is 0. The minimum atomic E-state index is -3.31. The van der Waals surface area contributed by atoms with Crippen molar-refractivity contribution < 1.29 is 13.2 Å². The van der Waals surface area contributed by atoms with E-state index in [2.05, 4.69) is 0 Å². The van der Waals surface area contributed by atoms with Crippen LogP contribution in [0.1, 0.15) is 28.5 Å². The van der Waals surface area contributed by atoms with Crippen LogP contribution in [0.15, 0.2) is 24.3 Å². The third-order valence-electron chi connectivity index (χ3n) is 3.50. The van der Waals surface area contributed by atoms with Gasteiger partial charge in [-0.15, -0.1) is 0 Å². The lowest BCUT2D eigenvalue weighted by Crippen LogP contribution is -2.48. The van der Waals surface area contributed by atoms with Crippen LogP contribution in [0, 0.1) is 0 Å². The molecule has 1 aromatic carbocycles. The maximum Gasteiger partial charge on any atom is 0.255 e. The fourth-order valence-corrected chi connectivity index (χ4v) is 3.80. The van der Waals surface area contributed by atoms with Gasteiger partial charge in [-0.25, -0.2) is 8.42 Å². The second kappa shape index (κ2) is 3.80. The SMILES string of the molecule is CS(=O)(=O)N1CCCN2C(=O)c3ccccc3[C@@H]21. The summed E-state index contributed by atoms with van der Waals surface area (Å²) in [7, 11) is -3.31. The fraction of sp³-hybridized carbons (Fsp3) is 0.417. The molecule has 0 bridgehead atoms. The molecule has 1 aromatic rings. The largest absolute Gasteiger partial charge is 0.318 e. The Hall–Kier alpha value is -1.40. The summed E-state index contributed by atoms with van der Waals surface area (Å²) in [5.41, 5.74) is 1.42. The van der Waals surface area contributed by atoms with E-state index >= 15 is 0 Å². The number of hydrogen-bond donors (Lipinski definition) is 0. The summed E-state index contributed by atoms with van der Waals surface area (Å²) < 4.78 is 25.1. The number of rotatable bonds is 1. The molecule has 96 valence electrons. The van der Waals surface area contributed by atoms with Gasteiger partial charge in [0.15, 0.2) is 0 Å². The van der Waals surface area contributed by atoms with Gasteiger partial charge >= 0.3 is 0 Å². The molecule has 2 heterocycles. The van der Waals surface area contributed by atoms with Crippen LogP contribution < -0.4 is 0 Å². The lowest BCUT2D eigenvalue weighted by Gasteiger charge is -2.38. The second-order valence-corrected chi connectivity index (χ2v) is 6.62. The predicted molar refractivity (Wildman–Crippen MR) is 66.4 cm³/mol. The van der Waals surface area contributed by atoms with Crippen molar-refractivity contribution in [3.05, 3.63) is 35.4 Å². The molecule has 5 nitrogen and oxygen atoms in total. The standard InChI is InChI=1S/C12H14N2O3S/c1-18(16,17)14-8-4-7-13-11(14)9-5-2-3-6-10(9)12(13)15/h2-3,5-6,11H,4,7-8H2,1H3/t11-/m0/s1. The number of amides is 1. The van der Waals surface area contributed by atoms with Crippen molar-refractivity contribution in [1.29, 1.82) is 0 Å². The Labute approximate surface area is 106 Å². The highest BCUT2D eigenvalue weighted by atomic mass is 32.2. The summed E-state index contributed by atoms with van der Waals surface area (Å²) in [5.74, 6) is -0.0658. The van der Waals surface area contributed by atoms with E-state index in [-0.39, 0.29) is 5.91 Å². The quantitative estimate of drug-likeness (QED) is 0.755. The first kappa shape index (κ1) is 11.7. The van der Waals surface area contributed by atoms with Gasteiger partial charge in [-0.1, -0.05) is 18.2 Å². The molecule has 18 heavy (non-hydrogen) atoms. The van der Waals surface area contributed by atoms with Crippen LogP contribution in [-0.4, -0.2) is 42.9 Å². The predicted octanol–water partition coefficient (Wildman–Crippen LogP) is 0.806. The van der Waals surface area contributed by atoms with Crippen LogP contribution in [0.25, 0.3) is 0 Å². The third-order valence-corrected chi connectivity index (χ3v) is 4.74. The summed E-state index contributed by atoms with van der Waals surface area (Å²) >= 11 is 0.